The first kappa shape index (κ1) is 18.0. The zero-order valence-corrected chi connectivity index (χ0v) is 15.8. The number of hydrogen-bond donors (Lipinski definition) is 0. The van der Waals surface area contributed by atoms with Crippen molar-refractivity contribution in [1.82, 2.24) is 4.90 Å². The molecule has 2 aromatic rings. The highest BCUT2D eigenvalue weighted by atomic mass is 16.5. The van der Waals surface area contributed by atoms with Crippen LogP contribution in [0.15, 0.2) is 54.6 Å². The summed E-state index contributed by atoms with van der Waals surface area (Å²) in [6, 6.07) is 18.5. The molecule has 2 aromatic carbocycles. The highest BCUT2D eigenvalue weighted by Crippen LogP contribution is 2.25. The van der Waals surface area contributed by atoms with Gasteiger partial charge in [0.1, 0.15) is 11.5 Å². The molecule has 3 atom stereocenters. The van der Waals surface area contributed by atoms with Gasteiger partial charge >= 0.3 is 0 Å². The molecule has 1 saturated heterocycles. The molecule has 1 aliphatic heterocycles. The predicted octanol–water partition coefficient (Wildman–Crippen LogP) is 5.64. The zero-order chi connectivity index (χ0) is 17.6. The predicted molar refractivity (Wildman–Crippen MR) is 105 cm³/mol. The quantitative estimate of drug-likeness (QED) is 0.677. The fourth-order valence-corrected chi connectivity index (χ4v) is 4.21. The average Bonchev–Trinajstić information content (AvgIpc) is 2.55. The number of ether oxygens (including phenoxy) is 1. The summed E-state index contributed by atoms with van der Waals surface area (Å²) >= 11 is 0. The Hall–Kier alpha value is -1.80. The van der Waals surface area contributed by atoms with Crippen LogP contribution in [0.2, 0.25) is 0 Å². The van der Waals surface area contributed by atoms with Gasteiger partial charge in [0.15, 0.2) is 0 Å². The summed E-state index contributed by atoms with van der Waals surface area (Å²) in [5.41, 5.74) is 1.36. The fraction of sp³-hybridized carbons (Fsp3) is 0.478. The van der Waals surface area contributed by atoms with Crippen LogP contribution in [0.4, 0.5) is 0 Å². The van der Waals surface area contributed by atoms with E-state index in [2.05, 4.69) is 43.9 Å². The first-order valence-electron chi connectivity index (χ1n) is 9.62. The SMILES string of the molecule is CC(Cc1cccc(Oc2ccccc2)c1)CN1CC(C)CC(C)C1. The number of hydrogen-bond acceptors (Lipinski definition) is 2. The van der Waals surface area contributed by atoms with Crippen LogP contribution < -0.4 is 4.74 Å². The van der Waals surface area contributed by atoms with Gasteiger partial charge in [-0.1, -0.05) is 51.1 Å². The second-order valence-electron chi connectivity index (χ2n) is 8.04. The smallest absolute Gasteiger partial charge is 0.127 e. The fourth-order valence-electron chi connectivity index (χ4n) is 4.21. The van der Waals surface area contributed by atoms with Crippen LogP contribution in [-0.2, 0) is 6.42 Å². The Morgan fingerprint density at radius 2 is 1.64 bits per heavy atom. The zero-order valence-electron chi connectivity index (χ0n) is 15.8. The van der Waals surface area contributed by atoms with Gasteiger partial charge in [0, 0.05) is 19.6 Å². The number of para-hydroxylation sites is 1. The van der Waals surface area contributed by atoms with Crippen LogP contribution in [0.1, 0.15) is 32.8 Å². The number of nitrogens with zero attached hydrogens (tertiary/aromatic N) is 1. The lowest BCUT2D eigenvalue weighted by molar-refractivity contribution is 0.125. The second kappa shape index (κ2) is 8.53. The maximum Gasteiger partial charge on any atom is 0.127 e. The molecular formula is C23H31NO. The Labute approximate surface area is 152 Å². The third-order valence-corrected chi connectivity index (χ3v) is 4.98. The van der Waals surface area contributed by atoms with E-state index in [0.29, 0.717) is 5.92 Å². The minimum atomic E-state index is 0.657. The van der Waals surface area contributed by atoms with Crippen LogP contribution >= 0.6 is 0 Å². The van der Waals surface area contributed by atoms with Crippen LogP contribution in [0, 0.1) is 17.8 Å². The molecule has 3 unspecified atom stereocenters. The summed E-state index contributed by atoms with van der Waals surface area (Å²) < 4.78 is 5.97. The summed E-state index contributed by atoms with van der Waals surface area (Å²) in [5, 5.41) is 0. The number of piperidine rings is 1. The normalized spacial score (nSPS) is 22.5. The van der Waals surface area contributed by atoms with Gasteiger partial charge < -0.3 is 9.64 Å². The van der Waals surface area contributed by atoms with Gasteiger partial charge in [0.25, 0.3) is 0 Å². The summed E-state index contributed by atoms with van der Waals surface area (Å²) in [4.78, 5) is 2.66. The van der Waals surface area contributed by atoms with Crippen molar-refractivity contribution in [3.63, 3.8) is 0 Å². The molecule has 0 saturated carbocycles. The van der Waals surface area contributed by atoms with Crippen molar-refractivity contribution < 1.29 is 4.74 Å². The van der Waals surface area contributed by atoms with Crippen molar-refractivity contribution in [1.29, 1.82) is 0 Å². The van der Waals surface area contributed by atoms with Gasteiger partial charge in [-0.25, -0.2) is 0 Å². The first-order valence-corrected chi connectivity index (χ1v) is 9.62. The standard InChI is InChI=1S/C23H31NO/c1-18-12-19(2)16-24(15-18)17-20(3)13-21-8-7-11-23(14-21)25-22-9-5-4-6-10-22/h4-11,14,18-20H,12-13,15-17H2,1-3H3. The third-order valence-electron chi connectivity index (χ3n) is 4.98. The van der Waals surface area contributed by atoms with E-state index in [1.165, 1.54) is 31.6 Å². The molecule has 2 heteroatoms. The number of rotatable bonds is 6. The molecule has 1 aliphatic rings. The van der Waals surface area contributed by atoms with E-state index < -0.39 is 0 Å². The lowest BCUT2D eigenvalue weighted by atomic mass is 9.90. The van der Waals surface area contributed by atoms with Crippen molar-refractivity contribution in [2.75, 3.05) is 19.6 Å². The van der Waals surface area contributed by atoms with Crippen LogP contribution in [0.5, 0.6) is 11.5 Å². The number of likely N-dealkylation sites (tertiary alicyclic amines) is 1. The largest absolute Gasteiger partial charge is 0.457 e. The Kier molecular flexibility index (Phi) is 6.14. The highest BCUT2D eigenvalue weighted by Gasteiger charge is 2.22. The van der Waals surface area contributed by atoms with E-state index in [4.69, 9.17) is 4.74 Å². The van der Waals surface area contributed by atoms with Crippen molar-refractivity contribution in [2.45, 2.75) is 33.6 Å². The summed E-state index contributed by atoms with van der Waals surface area (Å²) in [5.74, 6) is 4.14. The molecule has 1 heterocycles. The Balaban J connectivity index is 1.56. The van der Waals surface area contributed by atoms with E-state index in [1.807, 2.05) is 36.4 Å². The molecule has 0 radical (unpaired) electrons. The van der Waals surface area contributed by atoms with Gasteiger partial charge in [0.2, 0.25) is 0 Å². The molecule has 1 fully saturated rings. The molecule has 134 valence electrons. The van der Waals surface area contributed by atoms with E-state index in [0.717, 1.165) is 29.8 Å². The lowest BCUT2D eigenvalue weighted by Gasteiger charge is -2.36. The van der Waals surface area contributed by atoms with Crippen molar-refractivity contribution in [3.8, 4) is 11.5 Å². The third kappa shape index (κ3) is 5.61. The van der Waals surface area contributed by atoms with Gasteiger partial charge in [-0.3, -0.25) is 0 Å². The van der Waals surface area contributed by atoms with Gasteiger partial charge in [-0.15, -0.1) is 0 Å². The van der Waals surface area contributed by atoms with Crippen LogP contribution in [0.25, 0.3) is 0 Å². The van der Waals surface area contributed by atoms with Gasteiger partial charge in [0.05, 0.1) is 0 Å². The minimum Gasteiger partial charge on any atom is -0.457 e. The molecule has 0 spiro atoms. The Morgan fingerprint density at radius 1 is 0.960 bits per heavy atom. The van der Waals surface area contributed by atoms with E-state index in [9.17, 15) is 0 Å². The lowest BCUT2D eigenvalue weighted by Crippen LogP contribution is -2.41. The summed E-state index contributed by atoms with van der Waals surface area (Å²) in [6.45, 7) is 10.8. The van der Waals surface area contributed by atoms with E-state index >= 15 is 0 Å². The summed E-state index contributed by atoms with van der Waals surface area (Å²) in [6.07, 6.45) is 2.48. The average molecular weight is 338 g/mol. The molecule has 0 amide bonds. The van der Waals surface area contributed by atoms with Crippen LogP contribution in [-0.4, -0.2) is 24.5 Å². The Morgan fingerprint density at radius 3 is 2.36 bits per heavy atom. The molecular weight excluding hydrogens is 306 g/mol. The Bertz CT molecular complexity index is 644. The van der Waals surface area contributed by atoms with Crippen LogP contribution in [0.3, 0.4) is 0 Å². The molecule has 2 nitrogen and oxygen atoms in total. The maximum absolute atomic E-state index is 5.97. The number of benzene rings is 2. The van der Waals surface area contributed by atoms with Crippen molar-refractivity contribution in [3.05, 3.63) is 60.2 Å². The van der Waals surface area contributed by atoms with E-state index in [1.54, 1.807) is 0 Å². The van der Waals surface area contributed by atoms with Gasteiger partial charge in [-0.05, 0) is 60.4 Å². The summed E-state index contributed by atoms with van der Waals surface area (Å²) in [7, 11) is 0. The van der Waals surface area contributed by atoms with Crippen molar-refractivity contribution in [2.24, 2.45) is 17.8 Å². The minimum absolute atomic E-state index is 0.657. The highest BCUT2D eigenvalue weighted by molar-refractivity contribution is 5.34. The maximum atomic E-state index is 5.97. The van der Waals surface area contributed by atoms with E-state index in [-0.39, 0.29) is 0 Å². The first-order chi connectivity index (χ1) is 12.1. The molecule has 25 heavy (non-hydrogen) atoms. The van der Waals surface area contributed by atoms with Gasteiger partial charge in [-0.2, -0.15) is 0 Å². The molecule has 3 rings (SSSR count). The molecule has 0 N–H and O–H groups in total. The molecule has 0 bridgehead atoms. The molecule has 0 aliphatic carbocycles. The molecule has 0 aromatic heterocycles. The topological polar surface area (TPSA) is 12.5 Å². The van der Waals surface area contributed by atoms with Crippen molar-refractivity contribution >= 4 is 0 Å². The second-order valence-corrected chi connectivity index (χ2v) is 8.04. The monoisotopic (exact) mass is 337 g/mol.